The number of ketones is 1. The standard InChI is InChI=1S/C9H16O3/c1-4-8(10)7(9(11)12)5-6(2)3/h6-7H,4-5H2,1-3H3,(H,11,12). The van der Waals surface area contributed by atoms with Crippen molar-refractivity contribution in [2.24, 2.45) is 11.8 Å². The fraction of sp³-hybridized carbons (Fsp3) is 0.778. The molecule has 0 saturated heterocycles. The van der Waals surface area contributed by atoms with E-state index in [-0.39, 0.29) is 11.7 Å². The first-order chi connectivity index (χ1) is 5.49. The van der Waals surface area contributed by atoms with Crippen LogP contribution in [0.1, 0.15) is 33.6 Å². The Hall–Kier alpha value is -0.860. The average Bonchev–Trinajstić information content (AvgIpc) is 1.98. The summed E-state index contributed by atoms with van der Waals surface area (Å²) in [7, 11) is 0. The Bertz CT molecular complexity index is 173. The zero-order valence-corrected chi connectivity index (χ0v) is 7.83. The van der Waals surface area contributed by atoms with E-state index in [0.29, 0.717) is 12.8 Å². The highest BCUT2D eigenvalue weighted by atomic mass is 16.4. The number of aliphatic carboxylic acids is 1. The Morgan fingerprint density at radius 1 is 1.33 bits per heavy atom. The van der Waals surface area contributed by atoms with Crippen molar-refractivity contribution in [1.82, 2.24) is 0 Å². The second-order valence-electron chi connectivity index (χ2n) is 3.34. The Morgan fingerprint density at radius 3 is 2.08 bits per heavy atom. The molecular formula is C9H16O3. The number of hydrogen-bond acceptors (Lipinski definition) is 2. The summed E-state index contributed by atoms with van der Waals surface area (Å²) in [6, 6.07) is 0. The Morgan fingerprint density at radius 2 is 1.83 bits per heavy atom. The highest BCUT2D eigenvalue weighted by Crippen LogP contribution is 2.14. The van der Waals surface area contributed by atoms with Gasteiger partial charge in [0.15, 0.2) is 0 Å². The number of hydrogen-bond donors (Lipinski definition) is 1. The van der Waals surface area contributed by atoms with E-state index < -0.39 is 11.9 Å². The molecule has 0 radical (unpaired) electrons. The Labute approximate surface area is 72.8 Å². The van der Waals surface area contributed by atoms with E-state index >= 15 is 0 Å². The van der Waals surface area contributed by atoms with Gasteiger partial charge in [0.1, 0.15) is 11.7 Å². The minimum atomic E-state index is -0.990. The van der Waals surface area contributed by atoms with Crippen molar-refractivity contribution in [2.45, 2.75) is 33.6 Å². The summed E-state index contributed by atoms with van der Waals surface area (Å²) in [5, 5.41) is 8.70. The lowest BCUT2D eigenvalue weighted by atomic mass is 9.92. The van der Waals surface area contributed by atoms with Gasteiger partial charge in [0.05, 0.1) is 0 Å². The van der Waals surface area contributed by atoms with Crippen LogP contribution in [0.4, 0.5) is 0 Å². The Balaban J connectivity index is 4.23. The minimum absolute atomic E-state index is 0.170. The quantitative estimate of drug-likeness (QED) is 0.642. The average molecular weight is 172 g/mol. The van der Waals surface area contributed by atoms with Crippen LogP contribution in [0.5, 0.6) is 0 Å². The third kappa shape index (κ3) is 3.51. The second-order valence-corrected chi connectivity index (χ2v) is 3.34. The molecule has 1 atom stereocenters. The summed E-state index contributed by atoms with van der Waals surface area (Å²) < 4.78 is 0. The number of rotatable bonds is 5. The molecule has 3 nitrogen and oxygen atoms in total. The molecule has 70 valence electrons. The lowest BCUT2D eigenvalue weighted by Gasteiger charge is -2.11. The lowest BCUT2D eigenvalue weighted by molar-refractivity contribution is -0.146. The molecule has 1 unspecified atom stereocenters. The maximum atomic E-state index is 11.1. The van der Waals surface area contributed by atoms with Crippen LogP contribution >= 0.6 is 0 Å². The van der Waals surface area contributed by atoms with Crippen LogP contribution in [0.2, 0.25) is 0 Å². The third-order valence-corrected chi connectivity index (χ3v) is 1.74. The van der Waals surface area contributed by atoms with Crippen LogP contribution in [0.3, 0.4) is 0 Å². The van der Waals surface area contributed by atoms with E-state index in [0.717, 1.165) is 0 Å². The first-order valence-electron chi connectivity index (χ1n) is 4.24. The van der Waals surface area contributed by atoms with E-state index in [1.807, 2.05) is 13.8 Å². The largest absolute Gasteiger partial charge is 0.481 e. The van der Waals surface area contributed by atoms with Crippen LogP contribution in [-0.2, 0) is 9.59 Å². The van der Waals surface area contributed by atoms with Crippen molar-refractivity contribution in [3.05, 3.63) is 0 Å². The summed E-state index contributed by atoms with van der Waals surface area (Å²) in [5.41, 5.74) is 0. The number of Topliss-reactive ketones (excluding diaryl/α,β-unsaturated/α-hetero) is 1. The molecule has 0 aromatic carbocycles. The molecule has 0 fully saturated rings. The second kappa shape index (κ2) is 4.91. The summed E-state index contributed by atoms with van der Waals surface area (Å²) in [6.45, 7) is 5.52. The molecule has 0 aromatic rings. The number of carboxylic acids is 1. The molecule has 0 heterocycles. The highest BCUT2D eigenvalue weighted by molar-refractivity contribution is 5.97. The molecule has 12 heavy (non-hydrogen) atoms. The number of carbonyl (C=O) groups is 2. The summed E-state index contributed by atoms with van der Waals surface area (Å²) in [6.07, 6.45) is 0.756. The van der Waals surface area contributed by atoms with E-state index in [9.17, 15) is 9.59 Å². The molecule has 0 aromatic heterocycles. The highest BCUT2D eigenvalue weighted by Gasteiger charge is 2.24. The van der Waals surface area contributed by atoms with Gasteiger partial charge in [0.25, 0.3) is 0 Å². The number of carboxylic acid groups (broad SMARTS) is 1. The smallest absolute Gasteiger partial charge is 0.314 e. The van der Waals surface area contributed by atoms with Crippen LogP contribution in [0.25, 0.3) is 0 Å². The molecule has 0 aliphatic carbocycles. The topological polar surface area (TPSA) is 54.4 Å². The molecule has 1 N–H and O–H groups in total. The zero-order valence-electron chi connectivity index (χ0n) is 7.83. The molecular weight excluding hydrogens is 156 g/mol. The number of carbonyl (C=O) groups excluding carboxylic acids is 1. The summed E-state index contributed by atoms with van der Waals surface area (Å²) in [4.78, 5) is 21.7. The zero-order chi connectivity index (χ0) is 9.72. The van der Waals surface area contributed by atoms with Gasteiger partial charge < -0.3 is 5.11 Å². The monoisotopic (exact) mass is 172 g/mol. The van der Waals surface area contributed by atoms with Gasteiger partial charge >= 0.3 is 5.97 Å². The first kappa shape index (κ1) is 11.1. The van der Waals surface area contributed by atoms with Gasteiger partial charge in [-0.25, -0.2) is 0 Å². The van der Waals surface area contributed by atoms with E-state index in [1.165, 1.54) is 0 Å². The van der Waals surface area contributed by atoms with E-state index in [2.05, 4.69) is 0 Å². The van der Waals surface area contributed by atoms with Crippen molar-refractivity contribution in [2.75, 3.05) is 0 Å². The molecule has 0 bridgehead atoms. The predicted molar refractivity (Wildman–Crippen MR) is 45.9 cm³/mol. The van der Waals surface area contributed by atoms with Gasteiger partial charge in [-0.2, -0.15) is 0 Å². The molecule has 0 saturated carbocycles. The van der Waals surface area contributed by atoms with Crippen LogP contribution in [-0.4, -0.2) is 16.9 Å². The van der Waals surface area contributed by atoms with Gasteiger partial charge in [-0.15, -0.1) is 0 Å². The predicted octanol–water partition coefficient (Wildman–Crippen LogP) is 1.71. The van der Waals surface area contributed by atoms with Gasteiger partial charge in [0, 0.05) is 6.42 Å². The van der Waals surface area contributed by atoms with Crippen molar-refractivity contribution in [3.63, 3.8) is 0 Å². The van der Waals surface area contributed by atoms with Gasteiger partial charge in [-0.1, -0.05) is 20.8 Å². The lowest BCUT2D eigenvalue weighted by Crippen LogP contribution is -2.24. The van der Waals surface area contributed by atoms with Crippen molar-refractivity contribution in [3.8, 4) is 0 Å². The molecule has 0 aliphatic heterocycles. The molecule has 0 spiro atoms. The molecule has 0 aliphatic rings. The maximum absolute atomic E-state index is 11.1. The fourth-order valence-corrected chi connectivity index (χ4v) is 1.09. The van der Waals surface area contributed by atoms with E-state index in [1.54, 1.807) is 6.92 Å². The van der Waals surface area contributed by atoms with Crippen molar-refractivity contribution in [1.29, 1.82) is 0 Å². The fourth-order valence-electron chi connectivity index (χ4n) is 1.09. The Kier molecular flexibility index (Phi) is 4.55. The summed E-state index contributed by atoms with van der Waals surface area (Å²) in [5.74, 6) is -1.71. The molecule has 0 rings (SSSR count). The normalized spacial score (nSPS) is 13.0. The SMILES string of the molecule is CCC(=O)C(CC(C)C)C(=O)O. The van der Waals surface area contributed by atoms with Gasteiger partial charge in [-0.3, -0.25) is 9.59 Å². The van der Waals surface area contributed by atoms with Gasteiger partial charge in [-0.05, 0) is 12.3 Å². The van der Waals surface area contributed by atoms with Crippen molar-refractivity contribution >= 4 is 11.8 Å². The van der Waals surface area contributed by atoms with Crippen molar-refractivity contribution < 1.29 is 14.7 Å². The first-order valence-corrected chi connectivity index (χ1v) is 4.24. The van der Waals surface area contributed by atoms with Crippen LogP contribution in [0.15, 0.2) is 0 Å². The van der Waals surface area contributed by atoms with Crippen LogP contribution in [0, 0.1) is 11.8 Å². The molecule has 3 heteroatoms. The molecule has 0 amide bonds. The maximum Gasteiger partial charge on any atom is 0.314 e. The van der Waals surface area contributed by atoms with Crippen LogP contribution < -0.4 is 0 Å². The van der Waals surface area contributed by atoms with E-state index in [4.69, 9.17) is 5.11 Å². The van der Waals surface area contributed by atoms with Gasteiger partial charge in [0.2, 0.25) is 0 Å². The third-order valence-electron chi connectivity index (χ3n) is 1.74. The summed E-state index contributed by atoms with van der Waals surface area (Å²) >= 11 is 0. The minimum Gasteiger partial charge on any atom is -0.481 e.